The van der Waals surface area contributed by atoms with Crippen molar-refractivity contribution in [3.63, 3.8) is 0 Å². The van der Waals surface area contributed by atoms with Crippen molar-refractivity contribution >= 4 is 27.5 Å². The fourth-order valence-electron chi connectivity index (χ4n) is 8.98. The minimum absolute atomic E-state index is 0.00780. The maximum atomic E-state index is 15.3. The highest BCUT2D eigenvalue weighted by molar-refractivity contribution is 7.93. The molecule has 0 unspecified atom stereocenters. The van der Waals surface area contributed by atoms with E-state index in [4.69, 9.17) is 14.2 Å². The highest BCUT2D eigenvalue weighted by Gasteiger charge is 2.59. The predicted molar refractivity (Wildman–Crippen MR) is 201 cm³/mol. The second-order valence-electron chi connectivity index (χ2n) is 14.8. The summed E-state index contributed by atoms with van der Waals surface area (Å²) < 4.78 is 46.8. The number of hydrogen-bond donors (Lipinski definition) is 2. The molecule has 0 radical (unpaired) electrons. The maximum Gasteiger partial charge on any atom is 0.276 e. The van der Waals surface area contributed by atoms with Crippen LogP contribution in [-0.4, -0.2) is 83.2 Å². The van der Waals surface area contributed by atoms with E-state index >= 15 is 4.79 Å². The molecule has 2 aromatic carbocycles. The van der Waals surface area contributed by atoms with Crippen LogP contribution in [0.1, 0.15) is 75.0 Å². The number of rotatable bonds is 10. The van der Waals surface area contributed by atoms with E-state index in [1.165, 1.54) is 69.7 Å². The molecule has 14 heteroatoms. The van der Waals surface area contributed by atoms with E-state index in [9.17, 15) is 18.5 Å². The molecule has 1 aromatic heterocycles. The van der Waals surface area contributed by atoms with Crippen LogP contribution in [0, 0.1) is 22.7 Å². The number of pyridine rings is 1. The lowest BCUT2D eigenvalue weighted by Gasteiger charge is -2.48. The van der Waals surface area contributed by atoms with Gasteiger partial charge in [0.05, 0.1) is 43.7 Å². The first-order valence-corrected chi connectivity index (χ1v) is 20.3. The number of methoxy groups -OCH3 is 2. The summed E-state index contributed by atoms with van der Waals surface area (Å²) in [4.78, 5) is 36.7. The molecule has 1 atom stereocenters. The summed E-state index contributed by atoms with van der Waals surface area (Å²) >= 11 is 0. The van der Waals surface area contributed by atoms with E-state index in [-0.39, 0.29) is 56.8 Å². The predicted octanol–water partition coefficient (Wildman–Crippen LogP) is 4.49. The Kier molecular flexibility index (Phi) is 10.6. The third-order valence-electron chi connectivity index (χ3n) is 12.0. The van der Waals surface area contributed by atoms with Gasteiger partial charge in [-0.1, -0.05) is 0 Å². The number of anilines is 1. The Morgan fingerprint density at radius 2 is 1.74 bits per heavy atom. The fraction of sp³-hybridized carbons (Fsp3) is 0.500. The van der Waals surface area contributed by atoms with Crippen molar-refractivity contribution in [2.75, 3.05) is 51.3 Å². The van der Waals surface area contributed by atoms with E-state index in [2.05, 4.69) is 26.6 Å². The number of nitrogens with zero attached hydrogens (tertiary/aromatic N) is 4. The number of nitrogens with one attached hydrogen (secondary N) is 2. The third-order valence-corrected chi connectivity index (χ3v) is 13.7. The van der Waals surface area contributed by atoms with Gasteiger partial charge < -0.3 is 29.7 Å². The quantitative estimate of drug-likeness (QED) is 0.300. The van der Waals surface area contributed by atoms with Crippen molar-refractivity contribution in [2.24, 2.45) is 11.3 Å². The van der Waals surface area contributed by atoms with Crippen molar-refractivity contribution in [3.8, 4) is 23.4 Å². The number of piperidine rings is 2. The van der Waals surface area contributed by atoms with Crippen LogP contribution in [0.4, 0.5) is 5.69 Å². The summed E-state index contributed by atoms with van der Waals surface area (Å²) in [5.74, 6) is -1.35. The largest absolute Gasteiger partial charge is 0.497 e. The van der Waals surface area contributed by atoms with Crippen molar-refractivity contribution < 1.29 is 32.2 Å². The van der Waals surface area contributed by atoms with Crippen LogP contribution in [0.15, 0.2) is 59.6 Å². The molecule has 4 heterocycles. The van der Waals surface area contributed by atoms with Crippen LogP contribution >= 0.6 is 0 Å². The topological polar surface area (TPSA) is 163 Å². The van der Waals surface area contributed by atoms with E-state index in [0.29, 0.717) is 28.9 Å². The molecule has 7 rings (SSSR count). The average molecular weight is 757 g/mol. The summed E-state index contributed by atoms with van der Waals surface area (Å²) in [6, 6.07) is 14.5. The average Bonchev–Trinajstić information content (AvgIpc) is 3.45. The van der Waals surface area contributed by atoms with Crippen LogP contribution in [-0.2, 0) is 25.2 Å². The number of carbonyl (C=O) groups excluding carboxylic acids is 2. The monoisotopic (exact) mass is 756 g/mol. The molecular formula is C40H48N6O7S. The number of sulfonamides is 1. The van der Waals surface area contributed by atoms with E-state index in [1.54, 1.807) is 19.1 Å². The Morgan fingerprint density at radius 3 is 2.41 bits per heavy atom. The van der Waals surface area contributed by atoms with Gasteiger partial charge in [-0.15, -0.1) is 0 Å². The number of hydrogen-bond acceptors (Lipinski definition) is 11. The summed E-state index contributed by atoms with van der Waals surface area (Å²) in [6.45, 7) is 6.24. The minimum Gasteiger partial charge on any atom is -0.497 e. The van der Waals surface area contributed by atoms with Gasteiger partial charge in [0.2, 0.25) is 11.8 Å². The normalized spacial score (nSPS) is 22.0. The molecule has 13 nitrogen and oxygen atoms in total. The highest BCUT2D eigenvalue weighted by atomic mass is 32.2. The molecule has 2 N–H and O–H groups in total. The first-order valence-electron chi connectivity index (χ1n) is 18.8. The van der Waals surface area contributed by atoms with E-state index in [1.807, 2.05) is 0 Å². The van der Waals surface area contributed by atoms with Gasteiger partial charge in [-0.25, -0.2) is 13.4 Å². The maximum absolute atomic E-state index is 15.3. The van der Waals surface area contributed by atoms with Crippen LogP contribution in [0.5, 0.6) is 17.4 Å². The summed E-state index contributed by atoms with van der Waals surface area (Å²) in [5, 5.41) is 16.6. The molecule has 3 aromatic rings. The smallest absolute Gasteiger partial charge is 0.276 e. The van der Waals surface area contributed by atoms with Crippen molar-refractivity contribution in [1.29, 1.82) is 5.26 Å². The molecule has 1 aliphatic carbocycles. The Labute approximate surface area is 317 Å². The Morgan fingerprint density at radius 1 is 1.00 bits per heavy atom. The lowest BCUT2D eigenvalue weighted by Crippen LogP contribution is -2.56. The molecular weight excluding hydrogens is 709 g/mol. The van der Waals surface area contributed by atoms with Gasteiger partial charge in [-0.05, 0) is 132 Å². The van der Waals surface area contributed by atoms with E-state index in [0.717, 1.165) is 51.9 Å². The number of ether oxygens (including phenoxy) is 3. The Bertz CT molecular complexity index is 2050. The Hall–Kier alpha value is -4.71. The van der Waals surface area contributed by atoms with Gasteiger partial charge in [-0.2, -0.15) is 9.57 Å². The molecule has 4 aliphatic rings. The SMILES string of the molecule is CCOc1ncccc1[C@]1(NC(=O)C2CCC3(CC2)CCN(C2CCNCC2)CC3)C(=O)N(S(=O)(=O)c2ccc(OC)cc2OC)c2ccc(C#N)cc21. The van der Waals surface area contributed by atoms with Gasteiger partial charge in [0.25, 0.3) is 15.9 Å². The first-order chi connectivity index (χ1) is 26.1. The number of fused-ring (bicyclic) bond motifs is 1. The number of nitriles is 1. The second kappa shape index (κ2) is 15.2. The standard InChI is InChI=1S/C40H48N6O7S/c1-4-53-37-31(6-5-19-43-37)40(44-36(47)28-11-15-39(16-12-28)17-22-45(23-18-39)29-13-20-42-21-14-29)32-24-27(26-41)7-9-33(32)46(38(40)48)54(49,50)35-10-8-30(51-2)25-34(35)52-3/h5-10,19,24-25,28-29,42H,4,11-18,20-23H2,1-3H3,(H,44,47)/t40-/m1/s1. The van der Waals surface area contributed by atoms with Crippen LogP contribution < -0.4 is 29.1 Å². The third kappa shape index (κ3) is 6.56. The molecule has 2 saturated heterocycles. The van der Waals surface area contributed by atoms with Crippen molar-refractivity contribution in [1.82, 2.24) is 20.5 Å². The lowest BCUT2D eigenvalue weighted by atomic mass is 9.65. The molecule has 1 saturated carbocycles. The Balaban J connectivity index is 1.25. The van der Waals surface area contributed by atoms with Gasteiger partial charge in [0, 0.05) is 29.8 Å². The molecule has 54 heavy (non-hydrogen) atoms. The van der Waals surface area contributed by atoms with Crippen LogP contribution in [0.3, 0.4) is 0 Å². The summed E-state index contributed by atoms with van der Waals surface area (Å²) in [6.07, 6.45) is 9.16. The van der Waals surface area contributed by atoms with Gasteiger partial charge in [0.15, 0.2) is 5.54 Å². The zero-order valence-electron chi connectivity index (χ0n) is 31.1. The van der Waals surface area contributed by atoms with Crippen molar-refractivity contribution in [3.05, 3.63) is 71.4 Å². The number of carbonyl (C=O) groups is 2. The molecule has 2 amide bonds. The zero-order valence-corrected chi connectivity index (χ0v) is 31.9. The van der Waals surface area contributed by atoms with E-state index < -0.39 is 27.4 Å². The highest BCUT2D eigenvalue weighted by Crippen LogP contribution is 2.51. The second-order valence-corrected chi connectivity index (χ2v) is 16.5. The number of aromatic nitrogens is 1. The number of likely N-dealkylation sites (tertiary alicyclic amines) is 1. The fourth-order valence-corrected chi connectivity index (χ4v) is 10.6. The van der Waals surface area contributed by atoms with Crippen LogP contribution in [0.25, 0.3) is 0 Å². The molecule has 3 fully saturated rings. The van der Waals surface area contributed by atoms with Gasteiger partial charge in [0.1, 0.15) is 16.4 Å². The van der Waals surface area contributed by atoms with Crippen molar-refractivity contribution in [2.45, 2.75) is 74.8 Å². The van der Waals surface area contributed by atoms with Crippen LogP contribution in [0.2, 0.25) is 0 Å². The number of benzene rings is 2. The molecule has 0 bridgehead atoms. The summed E-state index contributed by atoms with van der Waals surface area (Å²) in [5.41, 5.74) is -1.45. The van der Waals surface area contributed by atoms with Gasteiger partial charge >= 0.3 is 0 Å². The zero-order chi connectivity index (χ0) is 38.1. The molecule has 3 aliphatic heterocycles. The summed E-state index contributed by atoms with van der Waals surface area (Å²) in [7, 11) is -1.91. The number of amides is 2. The molecule has 286 valence electrons. The lowest BCUT2D eigenvalue weighted by molar-refractivity contribution is -0.133. The molecule has 1 spiro atoms. The first kappa shape index (κ1) is 37.6. The van der Waals surface area contributed by atoms with Gasteiger partial charge in [-0.3, -0.25) is 9.59 Å². The minimum atomic E-state index is -4.68.